The van der Waals surface area contributed by atoms with Crippen molar-refractivity contribution in [1.29, 1.82) is 0 Å². The quantitative estimate of drug-likeness (QED) is 0.200. The van der Waals surface area contributed by atoms with Gasteiger partial charge in [-0.05, 0) is 93.7 Å². The van der Waals surface area contributed by atoms with Crippen molar-refractivity contribution >= 4 is 60.7 Å². The molecule has 0 atom stereocenters. The van der Waals surface area contributed by atoms with Crippen molar-refractivity contribution in [2.24, 2.45) is 0 Å². The number of pyridine rings is 1. The Hall–Kier alpha value is -6.19. The van der Waals surface area contributed by atoms with Crippen LogP contribution in [0.25, 0.3) is 65.9 Å². The van der Waals surface area contributed by atoms with Crippen LogP contribution in [-0.2, 0) is 0 Å². The third-order valence-corrected chi connectivity index (χ3v) is 8.86. The maximum absolute atomic E-state index is 6.47. The van der Waals surface area contributed by atoms with Gasteiger partial charge in [-0.3, -0.25) is 4.98 Å². The zero-order valence-corrected chi connectivity index (χ0v) is 25.0. The van der Waals surface area contributed by atoms with Crippen molar-refractivity contribution in [2.75, 3.05) is 4.90 Å². The van der Waals surface area contributed by atoms with Gasteiger partial charge in [0.15, 0.2) is 0 Å². The largest absolute Gasteiger partial charge is 0.456 e. The number of furan rings is 1. The van der Waals surface area contributed by atoms with Crippen LogP contribution in [0, 0.1) is 0 Å². The van der Waals surface area contributed by atoms with Crippen molar-refractivity contribution in [1.82, 2.24) is 4.98 Å². The van der Waals surface area contributed by atoms with Crippen LogP contribution in [0.4, 0.5) is 17.1 Å². The lowest BCUT2D eigenvalue weighted by Gasteiger charge is -2.26. The second-order valence-corrected chi connectivity index (χ2v) is 11.7. The Bertz CT molecular complexity index is 2520. The molecule has 0 amide bonds. The van der Waals surface area contributed by atoms with E-state index in [1.54, 1.807) is 0 Å². The van der Waals surface area contributed by atoms with Gasteiger partial charge in [0.1, 0.15) is 11.2 Å². The highest BCUT2D eigenvalue weighted by atomic mass is 16.3. The minimum absolute atomic E-state index is 0.849. The van der Waals surface area contributed by atoms with Crippen molar-refractivity contribution < 1.29 is 4.42 Å². The fourth-order valence-corrected chi connectivity index (χ4v) is 6.53. The van der Waals surface area contributed by atoms with E-state index in [1.807, 2.05) is 12.3 Å². The Morgan fingerprint density at radius 2 is 1.00 bits per heavy atom. The van der Waals surface area contributed by atoms with Gasteiger partial charge in [-0.25, -0.2) is 0 Å². The molecule has 216 valence electrons. The molecule has 0 aliphatic rings. The monoisotopic (exact) mass is 588 g/mol. The fraction of sp³-hybridized carbons (Fsp3) is 0. The Morgan fingerprint density at radius 3 is 1.80 bits per heavy atom. The number of anilines is 3. The lowest BCUT2D eigenvalue weighted by atomic mass is 10.0. The molecule has 7 aromatic carbocycles. The summed E-state index contributed by atoms with van der Waals surface area (Å²) in [5.74, 6) is 0. The normalized spacial score (nSPS) is 11.5. The highest BCUT2D eigenvalue weighted by Crippen LogP contribution is 2.41. The van der Waals surface area contributed by atoms with Gasteiger partial charge >= 0.3 is 0 Å². The third-order valence-electron chi connectivity index (χ3n) is 8.86. The first-order chi connectivity index (χ1) is 22.8. The number of fused-ring (bicyclic) bond motifs is 5. The zero-order chi connectivity index (χ0) is 30.5. The molecule has 3 nitrogen and oxygen atoms in total. The molecule has 0 fully saturated rings. The molecular formula is C43H28N2O. The first-order valence-electron chi connectivity index (χ1n) is 15.5. The number of hydrogen-bond donors (Lipinski definition) is 0. The van der Waals surface area contributed by atoms with Crippen LogP contribution in [0.3, 0.4) is 0 Å². The molecule has 0 saturated carbocycles. The fourth-order valence-electron chi connectivity index (χ4n) is 6.53. The highest BCUT2D eigenvalue weighted by molar-refractivity contribution is 6.10. The molecule has 9 aromatic rings. The summed E-state index contributed by atoms with van der Waals surface area (Å²) in [6.45, 7) is 0. The molecular weight excluding hydrogens is 560 g/mol. The van der Waals surface area contributed by atoms with Crippen LogP contribution in [0.15, 0.2) is 174 Å². The Balaban J connectivity index is 1.18. The minimum atomic E-state index is 0.849. The Kier molecular flexibility index (Phi) is 6.14. The standard InChI is InChI=1S/C43H28N2O/c1-3-8-29(9-4-1)31-15-18-36(19-16-31)45(37-20-17-33-24-32(13-14-34(33)25-37)30-10-5-2-6-11-30)38-21-22-39-40-28-41-35(12-7-23-44-41)26-42(40)46-43(39)27-38/h1-28H. The van der Waals surface area contributed by atoms with Gasteiger partial charge < -0.3 is 9.32 Å². The number of rotatable bonds is 5. The van der Waals surface area contributed by atoms with Crippen LogP contribution in [0.1, 0.15) is 0 Å². The van der Waals surface area contributed by atoms with E-state index in [9.17, 15) is 0 Å². The molecule has 0 aliphatic heterocycles. The van der Waals surface area contributed by atoms with Crippen molar-refractivity contribution in [3.63, 3.8) is 0 Å². The third kappa shape index (κ3) is 4.58. The van der Waals surface area contributed by atoms with E-state index >= 15 is 0 Å². The van der Waals surface area contributed by atoms with E-state index < -0.39 is 0 Å². The van der Waals surface area contributed by atoms with E-state index in [1.165, 1.54) is 33.0 Å². The van der Waals surface area contributed by atoms with Crippen LogP contribution in [0.2, 0.25) is 0 Å². The summed E-state index contributed by atoms with van der Waals surface area (Å²) in [6, 6.07) is 58.0. The van der Waals surface area contributed by atoms with E-state index in [0.717, 1.165) is 49.9 Å². The number of nitrogens with zero attached hydrogens (tertiary/aromatic N) is 2. The summed E-state index contributed by atoms with van der Waals surface area (Å²) in [4.78, 5) is 6.88. The van der Waals surface area contributed by atoms with Gasteiger partial charge in [0.2, 0.25) is 0 Å². The van der Waals surface area contributed by atoms with Gasteiger partial charge in [0, 0.05) is 45.5 Å². The molecule has 0 N–H and O–H groups in total. The second-order valence-electron chi connectivity index (χ2n) is 11.7. The molecule has 46 heavy (non-hydrogen) atoms. The minimum Gasteiger partial charge on any atom is -0.456 e. The van der Waals surface area contributed by atoms with Crippen LogP contribution in [-0.4, -0.2) is 4.98 Å². The summed E-state index contributed by atoms with van der Waals surface area (Å²) >= 11 is 0. The molecule has 3 heteroatoms. The predicted molar refractivity (Wildman–Crippen MR) is 192 cm³/mol. The Labute approximate surface area is 266 Å². The molecule has 0 bridgehead atoms. The van der Waals surface area contributed by atoms with Crippen molar-refractivity contribution in [2.45, 2.75) is 0 Å². The van der Waals surface area contributed by atoms with Crippen LogP contribution < -0.4 is 4.90 Å². The van der Waals surface area contributed by atoms with Crippen molar-refractivity contribution in [3.05, 3.63) is 170 Å². The Morgan fingerprint density at radius 1 is 0.391 bits per heavy atom. The van der Waals surface area contributed by atoms with Gasteiger partial charge in [0.25, 0.3) is 0 Å². The lowest BCUT2D eigenvalue weighted by Crippen LogP contribution is -2.09. The average Bonchev–Trinajstić information content (AvgIpc) is 3.48. The zero-order valence-electron chi connectivity index (χ0n) is 25.0. The molecule has 0 aliphatic carbocycles. The van der Waals surface area contributed by atoms with E-state index in [2.05, 4.69) is 168 Å². The van der Waals surface area contributed by atoms with Gasteiger partial charge in [-0.15, -0.1) is 0 Å². The van der Waals surface area contributed by atoms with Crippen molar-refractivity contribution in [3.8, 4) is 22.3 Å². The molecule has 2 heterocycles. The molecule has 2 aromatic heterocycles. The maximum atomic E-state index is 6.47. The lowest BCUT2D eigenvalue weighted by molar-refractivity contribution is 0.669. The number of aromatic nitrogens is 1. The van der Waals surface area contributed by atoms with E-state index in [0.29, 0.717) is 0 Å². The maximum Gasteiger partial charge on any atom is 0.137 e. The number of hydrogen-bond acceptors (Lipinski definition) is 3. The van der Waals surface area contributed by atoms with Crippen LogP contribution in [0.5, 0.6) is 0 Å². The molecule has 9 rings (SSSR count). The van der Waals surface area contributed by atoms with Crippen LogP contribution >= 0.6 is 0 Å². The van der Waals surface area contributed by atoms with E-state index in [-0.39, 0.29) is 0 Å². The summed E-state index contributed by atoms with van der Waals surface area (Å²) < 4.78 is 6.47. The first-order valence-corrected chi connectivity index (χ1v) is 15.5. The SMILES string of the molecule is c1ccc(-c2ccc(N(c3ccc4cc(-c5ccccc5)ccc4c3)c3ccc4c(c3)oc3cc5cccnc5cc34)cc2)cc1. The molecule has 0 saturated heterocycles. The molecule has 0 unspecified atom stereocenters. The average molecular weight is 589 g/mol. The van der Waals surface area contributed by atoms with Gasteiger partial charge in [-0.1, -0.05) is 97.1 Å². The van der Waals surface area contributed by atoms with Gasteiger partial charge in [0.05, 0.1) is 5.52 Å². The topological polar surface area (TPSA) is 29.3 Å². The smallest absolute Gasteiger partial charge is 0.137 e. The number of benzene rings is 7. The summed E-state index contributed by atoms with van der Waals surface area (Å²) in [7, 11) is 0. The summed E-state index contributed by atoms with van der Waals surface area (Å²) in [5, 5.41) is 5.62. The highest BCUT2D eigenvalue weighted by Gasteiger charge is 2.17. The van der Waals surface area contributed by atoms with Gasteiger partial charge in [-0.2, -0.15) is 0 Å². The summed E-state index contributed by atoms with van der Waals surface area (Å²) in [5.41, 5.74) is 10.7. The molecule has 0 radical (unpaired) electrons. The second kappa shape index (κ2) is 10.8. The van der Waals surface area contributed by atoms with E-state index in [4.69, 9.17) is 4.42 Å². The first kappa shape index (κ1) is 26.2. The molecule has 0 spiro atoms. The predicted octanol–water partition coefficient (Wildman–Crippen LogP) is 12.1. The summed E-state index contributed by atoms with van der Waals surface area (Å²) in [6.07, 6.45) is 1.83.